The van der Waals surface area contributed by atoms with E-state index in [0.29, 0.717) is 11.4 Å². The summed E-state index contributed by atoms with van der Waals surface area (Å²) in [6, 6.07) is 13.1. The molecule has 0 spiro atoms. The van der Waals surface area contributed by atoms with Crippen LogP contribution in [0.1, 0.15) is 24.5 Å². The zero-order valence-corrected chi connectivity index (χ0v) is 16.6. The van der Waals surface area contributed by atoms with Crippen LogP contribution in [0.25, 0.3) is 0 Å². The Morgan fingerprint density at radius 2 is 1.92 bits per heavy atom. The normalized spacial score (nSPS) is 11.5. The molecule has 6 heteroatoms. The third-order valence-corrected chi connectivity index (χ3v) is 4.18. The third kappa shape index (κ3) is 6.19. The average molecular weight is 420 g/mol. The number of hydrogen-bond acceptors (Lipinski definition) is 4. The van der Waals surface area contributed by atoms with Crippen molar-refractivity contribution in [3.05, 3.63) is 58.1 Å². The highest BCUT2D eigenvalue weighted by molar-refractivity contribution is 9.10. The fourth-order valence-electron chi connectivity index (χ4n) is 2.31. The Hall–Kier alpha value is -2.34. The van der Waals surface area contributed by atoms with Crippen LogP contribution in [0.3, 0.4) is 0 Å². The Bertz CT molecular complexity index is 791. The number of ether oxygens (including phenoxy) is 2. The molecule has 0 bridgehead atoms. The predicted molar refractivity (Wildman–Crippen MR) is 104 cm³/mol. The maximum Gasteiger partial charge on any atom is 0.310 e. The number of halogens is 1. The molecule has 0 aromatic heterocycles. The van der Waals surface area contributed by atoms with Gasteiger partial charge in [0.15, 0.2) is 6.10 Å². The zero-order chi connectivity index (χ0) is 19.1. The van der Waals surface area contributed by atoms with Crippen molar-refractivity contribution < 1.29 is 19.1 Å². The van der Waals surface area contributed by atoms with Crippen LogP contribution in [0.2, 0.25) is 0 Å². The van der Waals surface area contributed by atoms with Gasteiger partial charge in [-0.15, -0.1) is 0 Å². The SMILES string of the molecule is Cc1ccc(NC(=O)[C@@H](C)OC(=O)CCOc2cccc(Br)c2)c(C)c1. The van der Waals surface area contributed by atoms with Gasteiger partial charge >= 0.3 is 5.97 Å². The second-order valence-corrected chi connectivity index (χ2v) is 6.91. The van der Waals surface area contributed by atoms with E-state index < -0.39 is 12.1 Å². The van der Waals surface area contributed by atoms with E-state index in [1.807, 2.05) is 50.2 Å². The van der Waals surface area contributed by atoms with Gasteiger partial charge in [-0.1, -0.05) is 39.7 Å². The summed E-state index contributed by atoms with van der Waals surface area (Å²) in [6.45, 7) is 5.63. The second kappa shape index (κ2) is 9.38. The highest BCUT2D eigenvalue weighted by Crippen LogP contribution is 2.18. The van der Waals surface area contributed by atoms with E-state index in [4.69, 9.17) is 9.47 Å². The zero-order valence-electron chi connectivity index (χ0n) is 15.0. The molecule has 0 unspecified atom stereocenters. The van der Waals surface area contributed by atoms with E-state index in [1.54, 1.807) is 13.0 Å². The first-order valence-electron chi connectivity index (χ1n) is 8.31. The molecule has 5 nitrogen and oxygen atoms in total. The Labute approximate surface area is 161 Å². The fourth-order valence-corrected chi connectivity index (χ4v) is 2.69. The number of nitrogens with one attached hydrogen (secondary N) is 1. The number of carbonyl (C=O) groups is 2. The van der Waals surface area contributed by atoms with Gasteiger partial charge in [0.25, 0.3) is 5.91 Å². The maximum atomic E-state index is 12.2. The first-order chi connectivity index (χ1) is 12.3. The molecule has 2 aromatic carbocycles. The average Bonchev–Trinajstić information content (AvgIpc) is 2.57. The van der Waals surface area contributed by atoms with Crippen molar-refractivity contribution in [1.29, 1.82) is 0 Å². The van der Waals surface area contributed by atoms with Crippen LogP contribution in [-0.4, -0.2) is 24.6 Å². The molecule has 2 aromatic rings. The summed E-state index contributed by atoms with van der Waals surface area (Å²) < 4.78 is 11.6. The van der Waals surface area contributed by atoms with Gasteiger partial charge in [0.2, 0.25) is 0 Å². The molecule has 0 heterocycles. The van der Waals surface area contributed by atoms with Crippen molar-refractivity contribution in [2.24, 2.45) is 0 Å². The largest absolute Gasteiger partial charge is 0.493 e. The van der Waals surface area contributed by atoms with Gasteiger partial charge in [-0.25, -0.2) is 0 Å². The van der Waals surface area contributed by atoms with Gasteiger partial charge in [-0.3, -0.25) is 9.59 Å². The Morgan fingerprint density at radius 1 is 1.15 bits per heavy atom. The van der Waals surface area contributed by atoms with Crippen LogP contribution in [0.15, 0.2) is 46.9 Å². The summed E-state index contributed by atoms with van der Waals surface area (Å²) in [5, 5.41) is 2.78. The highest BCUT2D eigenvalue weighted by atomic mass is 79.9. The summed E-state index contributed by atoms with van der Waals surface area (Å²) in [4.78, 5) is 24.1. The molecule has 138 valence electrons. The monoisotopic (exact) mass is 419 g/mol. The van der Waals surface area contributed by atoms with Crippen LogP contribution in [-0.2, 0) is 14.3 Å². The van der Waals surface area contributed by atoms with Crippen molar-refractivity contribution >= 4 is 33.5 Å². The molecular weight excluding hydrogens is 398 g/mol. The summed E-state index contributed by atoms with van der Waals surface area (Å²) >= 11 is 3.35. The Balaban J connectivity index is 1.77. The van der Waals surface area contributed by atoms with E-state index in [0.717, 1.165) is 15.6 Å². The molecule has 1 N–H and O–H groups in total. The summed E-state index contributed by atoms with van der Waals surface area (Å²) in [6.07, 6.45) is -0.817. The number of rotatable bonds is 7. The van der Waals surface area contributed by atoms with Crippen molar-refractivity contribution in [1.82, 2.24) is 0 Å². The van der Waals surface area contributed by atoms with Crippen molar-refractivity contribution in [2.45, 2.75) is 33.3 Å². The number of amides is 1. The molecule has 0 saturated carbocycles. The Morgan fingerprint density at radius 3 is 2.62 bits per heavy atom. The lowest BCUT2D eigenvalue weighted by Gasteiger charge is -2.15. The number of carbonyl (C=O) groups excluding carboxylic acids is 2. The molecule has 0 aliphatic rings. The smallest absolute Gasteiger partial charge is 0.310 e. The molecule has 1 atom stereocenters. The van der Waals surface area contributed by atoms with E-state index in [9.17, 15) is 9.59 Å². The quantitative estimate of drug-likeness (QED) is 0.675. The molecule has 0 aliphatic carbocycles. The minimum absolute atomic E-state index is 0.0632. The molecule has 0 fully saturated rings. The lowest BCUT2D eigenvalue weighted by molar-refractivity contribution is -0.153. The van der Waals surface area contributed by atoms with Crippen molar-refractivity contribution in [2.75, 3.05) is 11.9 Å². The third-order valence-electron chi connectivity index (χ3n) is 3.69. The lowest BCUT2D eigenvalue weighted by Crippen LogP contribution is -2.30. The van der Waals surface area contributed by atoms with Crippen LogP contribution >= 0.6 is 15.9 Å². The van der Waals surface area contributed by atoms with E-state index >= 15 is 0 Å². The number of aryl methyl sites for hydroxylation is 2. The van der Waals surface area contributed by atoms with Gasteiger partial charge in [0.05, 0.1) is 13.0 Å². The molecule has 0 saturated heterocycles. The molecule has 26 heavy (non-hydrogen) atoms. The van der Waals surface area contributed by atoms with Gasteiger partial charge in [-0.2, -0.15) is 0 Å². The van der Waals surface area contributed by atoms with Crippen LogP contribution in [0.4, 0.5) is 5.69 Å². The number of anilines is 1. The minimum Gasteiger partial charge on any atom is -0.493 e. The molecule has 1 amide bonds. The first kappa shape index (κ1) is 20.0. The van der Waals surface area contributed by atoms with E-state index in [2.05, 4.69) is 21.2 Å². The van der Waals surface area contributed by atoms with E-state index in [-0.39, 0.29) is 18.9 Å². The standard InChI is InChI=1S/C20H22BrNO4/c1-13-7-8-18(14(2)11-13)22-20(24)15(3)26-19(23)9-10-25-17-6-4-5-16(21)12-17/h4-8,11-12,15H,9-10H2,1-3H3,(H,22,24)/t15-/m1/s1. The summed E-state index contributed by atoms with van der Waals surface area (Å²) in [5.41, 5.74) is 2.78. The van der Waals surface area contributed by atoms with Crippen LogP contribution in [0.5, 0.6) is 5.75 Å². The van der Waals surface area contributed by atoms with E-state index in [1.165, 1.54) is 0 Å². The number of esters is 1. The van der Waals surface area contributed by atoms with Gasteiger partial charge in [-0.05, 0) is 50.6 Å². The topological polar surface area (TPSA) is 64.6 Å². The highest BCUT2D eigenvalue weighted by Gasteiger charge is 2.18. The first-order valence-corrected chi connectivity index (χ1v) is 9.10. The fraction of sp³-hybridized carbons (Fsp3) is 0.300. The van der Waals surface area contributed by atoms with Gasteiger partial charge in [0, 0.05) is 10.2 Å². The number of hydrogen-bond donors (Lipinski definition) is 1. The predicted octanol–water partition coefficient (Wildman–Crippen LogP) is 4.41. The second-order valence-electron chi connectivity index (χ2n) is 6.00. The number of benzene rings is 2. The van der Waals surface area contributed by atoms with Crippen LogP contribution < -0.4 is 10.1 Å². The Kier molecular flexibility index (Phi) is 7.21. The van der Waals surface area contributed by atoms with Crippen LogP contribution in [0, 0.1) is 13.8 Å². The van der Waals surface area contributed by atoms with Gasteiger partial charge in [0.1, 0.15) is 5.75 Å². The lowest BCUT2D eigenvalue weighted by atomic mass is 10.1. The van der Waals surface area contributed by atoms with Crippen molar-refractivity contribution in [3.8, 4) is 5.75 Å². The molecule has 0 aliphatic heterocycles. The summed E-state index contributed by atoms with van der Waals surface area (Å²) in [7, 11) is 0. The molecule has 2 rings (SSSR count). The van der Waals surface area contributed by atoms with Crippen molar-refractivity contribution in [3.63, 3.8) is 0 Å². The maximum absolute atomic E-state index is 12.2. The molecular formula is C20H22BrNO4. The van der Waals surface area contributed by atoms with Gasteiger partial charge < -0.3 is 14.8 Å². The minimum atomic E-state index is -0.880. The molecule has 0 radical (unpaired) electrons. The summed E-state index contributed by atoms with van der Waals surface area (Å²) in [5.74, 6) is -0.186.